The highest BCUT2D eigenvalue weighted by atomic mass is 32.1. The first-order valence-corrected chi connectivity index (χ1v) is 6.76. The van der Waals surface area contributed by atoms with E-state index < -0.39 is 5.97 Å². The minimum absolute atomic E-state index is 0.195. The van der Waals surface area contributed by atoms with Crippen LogP contribution in [0.2, 0.25) is 0 Å². The fourth-order valence-corrected chi connectivity index (χ4v) is 2.61. The van der Waals surface area contributed by atoms with Crippen LogP contribution >= 0.6 is 11.3 Å². The summed E-state index contributed by atoms with van der Waals surface area (Å²) in [5, 5.41) is 11.4. The van der Waals surface area contributed by atoms with Crippen molar-refractivity contribution >= 4 is 35.0 Å². The van der Waals surface area contributed by atoms with Crippen LogP contribution in [-0.2, 0) is 4.79 Å². The van der Waals surface area contributed by atoms with E-state index in [1.165, 1.54) is 17.4 Å². The number of hydrogen-bond donors (Lipinski definition) is 2. The molecule has 0 aliphatic heterocycles. The van der Waals surface area contributed by atoms with Gasteiger partial charge in [0.2, 0.25) is 0 Å². The molecule has 0 unspecified atom stereocenters. The standard InChI is InChI=1S/C15H13NO3S/c1-10-9-13(20-12(10)7-8-14(17)18)15(19)16-11-5-3-2-4-6-11/h2-9H,1H3,(H,16,19)(H,17,18)/b8-7+. The van der Waals surface area contributed by atoms with E-state index in [0.717, 1.165) is 22.2 Å². The molecule has 0 atom stereocenters. The molecule has 4 nitrogen and oxygen atoms in total. The van der Waals surface area contributed by atoms with Gasteiger partial charge < -0.3 is 10.4 Å². The largest absolute Gasteiger partial charge is 0.478 e. The van der Waals surface area contributed by atoms with Crippen LogP contribution in [-0.4, -0.2) is 17.0 Å². The molecule has 0 radical (unpaired) electrons. The van der Waals surface area contributed by atoms with Gasteiger partial charge in [0.1, 0.15) is 0 Å². The van der Waals surface area contributed by atoms with Crippen LogP contribution in [0.25, 0.3) is 6.08 Å². The summed E-state index contributed by atoms with van der Waals surface area (Å²) in [6.07, 6.45) is 2.57. The van der Waals surface area contributed by atoms with E-state index in [4.69, 9.17) is 5.11 Å². The van der Waals surface area contributed by atoms with Gasteiger partial charge in [0.05, 0.1) is 4.88 Å². The van der Waals surface area contributed by atoms with Crippen LogP contribution in [0.1, 0.15) is 20.1 Å². The molecule has 0 saturated carbocycles. The summed E-state index contributed by atoms with van der Waals surface area (Å²) in [5.41, 5.74) is 1.61. The maximum absolute atomic E-state index is 12.1. The highest BCUT2D eigenvalue weighted by Gasteiger charge is 2.11. The Hall–Kier alpha value is -2.40. The Labute approximate surface area is 120 Å². The number of nitrogens with one attached hydrogen (secondary N) is 1. The summed E-state index contributed by atoms with van der Waals surface area (Å²) in [4.78, 5) is 23.9. The molecule has 20 heavy (non-hydrogen) atoms. The molecule has 102 valence electrons. The zero-order chi connectivity index (χ0) is 14.5. The zero-order valence-electron chi connectivity index (χ0n) is 10.8. The number of amides is 1. The zero-order valence-corrected chi connectivity index (χ0v) is 11.6. The molecule has 0 aliphatic carbocycles. The third kappa shape index (κ3) is 3.55. The Morgan fingerprint density at radius 1 is 1.25 bits per heavy atom. The van der Waals surface area contributed by atoms with Gasteiger partial charge in [-0.25, -0.2) is 4.79 Å². The average molecular weight is 287 g/mol. The molecule has 5 heteroatoms. The Kier molecular flexibility index (Phi) is 4.32. The van der Waals surface area contributed by atoms with Crippen molar-refractivity contribution in [1.82, 2.24) is 0 Å². The number of para-hydroxylation sites is 1. The molecule has 0 fully saturated rings. The monoisotopic (exact) mass is 287 g/mol. The number of carbonyl (C=O) groups excluding carboxylic acids is 1. The summed E-state index contributed by atoms with van der Waals surface area (Å²) in [5.74, 6) is -1.20. The molecule has 0 bridgehead atoms. The van der Waals surface area contributed by atoms with Crippen LogP contribution in [0.15, 0.2) is 42.5 Å². The van der Waals surface area contributed by atoms with Crippen LogP contribution in [0.3, 0.4) is 0 Å². The van der Waals surface area contributed by atoms with Crippen molar-refractivity contribution in [2.75, 3.05) is 5.32 Å². The smallest absolute Gasteiger partial charge is 0.328 e. The van der Waals surface area contributed by atoms with E-state index in [0.29, 0.717) is 4.88 Å². The fourth-order valence-electron chi connectivity index (χ4n) is 1.63. The first-order valence-electron chi connectivity index (χ1n) is 5.94. The first kappa shape index (κ1) is 14.0. The quantitative estimate of drug-likeness (QED) is 0.847. The van der Waals surface area contributed by atoms with Crippen molar-refractivity contribution in [2.24, 2.45) is 0 Å². The lowest BCUT2D eigenvalue weighted by Crippen LogP contribution is -2.09. The number of benzene rings is 1. The van der Waals surface area contributed by atoms with Gasteiger partial charge in [-0.05, 0) is 36.8 Å². The molecule has 0 spiro atoms. The lowest BCUT2D eigenvalue weighted by atomic mass is 10.2. The van der Waals surface area contributed by atoms with Crippen molar-refractivity contribution in [3.8, 4) is 0 Å². The average Bonchev–Trinajstić information content (AvgIpc) is 2.79. The number of anilines is 1. The molecule has 2 rings (SSSR count). The van der Waals surface area contributed by atoms with Gasteiger partial charge in [-0.3, -0.25) is 4.79 Å². The lowest BCUT2D eigenvalue weighted by Gasteiger charge is -2.01. The van der Waals surface area contributed by atoms with E-state index in [9.17, 15) is 9.59 Å². The minimum Gasteiger partial charge on any atom is -0.478 e. The second-order valence-electron chi connectivity index (χ2n) is 4.15. The summed E-state index contributed by atoms with van der Waals surface area (Å²) in [7, 11) is 0. The van der Waals surface area contributed by atoms with Gasteiger partial charge in [-0.2, -0.15) is 0 Å². The molecule has 1 heterocycles. The van der Waals surface area contributed by atoms with E-state index in [1.807, 2.05) is 37.3 Å². The normalized spacial score (nSPS) is 10.7. The van der Waals surface area contributed by atoms with E-state index in [1.54, 1.807) is 6.07 Å². The topological polar surface area (TPSA) is 66.4 Å². The predicted molar refractivity (Wildman–Crippen MR) is 80.1 cm³/mol. The summed E-state index contributed by atoms with van der Waals surface area (Å²) in [6, 6.07) is 10.9. The Morgan fingerprint density at radius 2 is 1.95 bits per heavy atom. The number of aliphatic carboxylic acids is 1. The maximum atomic E-state index is 12.1. The van der Waals surface area contributed by atoms with Gasteiger partial charge >= 0.3 is 5.97 Å². The van der Waals surface area contributed by atoms with Crippen molar-refractivity contribution in [3.63, 3.8) is 0 Å². The number of thiophene rings is 1. The number of carboxylic acid groups (broad SMARTS) is 1. The lowest BCUT2D eigenvalue weighted by molar-refractivity contribution is -0.131. The molecule has 2 aromatic rings. The molecule has 0 aliphatic rings. The fraction of sp³-hybridized carbons (Fsp3) is 0.0667. The number of rotatable bonds is 4. The molecule has 1 aromatic carbocycles. The molecule has 1 aromatic heterocycles. The van der Waals surface area contributed by atoms with E-state index >= 15 is 0 Å². The van der Waals surface area contributed by atoms with Crippen LogP contribution < -0.4 is 5.32 Å². The number of carbonyl (C=O) groups is 2. The van der Waals surface area contributed by atoms with Gasteiger partial charge in [0, 0.05) is 16.6 Å². The molecule has 0 saturated heterocycles. The summed E-state index contributed by atoms with van der Waals surface area (Å²) >= 11 is 1.27. The third-order valence-corrected chi connectivity index (χ3v) is 3.79. The maximum Gasteiger partial charge on any atom is 0.328 e. The molecular formula is C15H13NO3S. The second kappa shape index (κ2) is 6.16. The molecule has 2 N–H and O–H groups in total. The number of aryl methyl sites for hydroxylation is 1. The van der Waals surface area contributed by atoms with Crippen molar-refractivity contribution in [3.05, 3.63) is 57.8 Å². The van der Waals surface area contributed by atoms with Crippen molar-refractivity contribution < 1.29 is 14.7 Å². The highest BCUT2D eigenvalue weighted by molar-refractivity contribution is 7.15. The van der Waals surface area contributed by atoms with Crippen LogP contribution in [0.5, 0.6) is 0 Å². The SMILES string of the molecule is Cc1cc(C(=O)Nc2ccccc2)sc1/C=C/C(=O)O. The Morgan fingerprint density at radius 3 is 2.60 bits per heavy atom. The Balaban J connectivity index is 2.15. The Bertz CT molecular complexity index is 659. The van der Waals surface area contributed by atoms with Gasteiger partial charge in [0.25, 0.3) is 5.91 Å². The number of carboxylic acids is 1. The minimum atomic E-state index is -1.01. The predicted octanol–water partition coefficient (Wildman–Crippen LogP) is 3.41. The van der Waals surface area contributed by atoms with E-state index in [2.05, 4.69) is 5.32 Å². The van der Waals surface area contributed by atoms with Crippen molar-refractivity contribution in [2.45, 2.75) is 6.92 Å². The van der Waals surface area contributed by atoms with Crippen LogP contribution in [0, 0.1) is 6.92 Å². The third-order valence-electron chi connectivity index (χ3n) is 2.59. The first-order chi connectivity index (χ1) is 9.56. The number of hydrogen-bond acceptors (Lipinski definition) is 3. The van der Waals surface area contributed by atoms with Gasteiger partial charge in [-0.1, -0.05) is 18.2 Å². The van der Waals surface area contributed by atoms with E-state index in [-0.39, 0.29) is 5.91 Å². The van der Waals surface area contributed by atoms with Crippen molar-refractivity contribution in [1.29, 1.82) is 0 Å². The summed E-state index contributed by atoms with van der Waals surface area (Å²) in [6.45, 7) is 1.84. The molecular weight excluding hydrogens is 274 g/mol. The van der Waals surface area contributed by atoms with Gasteiger partial charge in [0.15, 0.2) is 0 Å². The van der Waals surface area contributed by atoms with Gasteiger partial charge in [-0.15, -0.1) is 11.3 Å². The highest BCUT2D eigenvalue weighted by Crippen LogP contribution is 2.24. The van der Waals surface area contributed by atoms with Crippen LogP contribution in [0.4, 0.5) is 5.69 Å². The summed E-state index contributed by atoms with van der Waals surface area (Å²) < 4.78 is 0. The molecule has 1 amide bonds. The second-order valence-corrected chi connectivity index (χ2v) is 5.23.